The second kappa shape index (κ2) is 6.29. The monoisotopic (exact) mass is 291 g/mol. The number of aromatic nitrogens is 4. The molecule has 0 aliphatic rings. The van der Waals surface area contributed by atoms with Crippen molar-refractivity contribution in [3.05, 3.63) is 23.8 Å². The summed E-state index contributed by atoms with van der Waals surface area (Å²) in [4.78, 5) is 31.4. The van der Waals surface area contributed by atoms with Crippen molar-refractivity contribution in [2.24, 2.45) is 0 Å². The van der Waals surface area contributed by atoms with Gasteiger partial charge in [-0.15, -0.1) is 0 Å². The third-order valence-electron chi connectivity index (χ3n) is 3.17. The number of fused-ring (bicyclic) bond motifs is 1. The maximum Gasteiger partial charge on any atom is 0.326 e. The van der Waals surface area contributed by atoms with Crippen LogP contribution in [0, 0.1) is 0 Å². The van der Waals surface area contributed by atoms with Crippen LogP contribution >= 0.6 is 0 Å². The molecule has 2 aromatic rings. The second-order valence-electron chi connectivity index (χ2n) is 4.60. The number of aliphatic carboxylic acids is 1. The first-order chi connectivity index (χ1) is 10.1. The normalized spacial score (nSPS) is 12.3. The average Bonchev–Trinajstić information content (AvgIpc) is 2.93. The molecule has 0 aliphatic heterocycles. The van der Waals surface area contributed by atoms with E-state index in [1.807, 2.05) is 13.8 Å². The molecule has 8 heteroatoms. The molecule has 21 heavy (non-hydrogen) atoms. The van der Waals surface area contributed by atoms with Crippen LogP contribution in [0.3, 0.4) is 0 Å². The van der Waals surface area contributed by atoms with E-state index in [4.69, 9.17) is 5.11 Å². The fourth-order valence-corrected chi connectivity index (χ4v) is 2.14. The molecule has 8 nitrogen and oxygen atoms in total. The summed E-state index contributed by atoms with van der Waals surface area (Å²) < 4.78 is 1.49. The number of carbonyl (C=O) groups is 2. The molecule has 0 aromatic carbocycles. The molecule has 0 aliphatic carbocycles. The minimum Gasteiger partial charge on any atom is -0.480 e. The van der Waals surface area contributed by atoms with Crippen LogP contribution in [0.4, 0.5) is 0 Å². The number of aryl methyl sites for hydroxylation is 1. The fraction of sp³-hybridized carbons (Fsp3) is 0.462. The molecule has 2 heterocycles. The summed E-state index contributed by atoms with van der Waals surface area (Å²) in [5.74, 6) is -1.10. The van der Waals surface area contributed by atoms with Crippen LogP contribution in [-0.4, -0.2) is 42.6 Å². The Kier molecular flexibility index (Phi) is 4.46. The Labute approximate surface area is 121 Å². The number of rotatable bonds is 6. The lowest BCUT2D eigenvalue weighted by Crippen LogP contribution is -2.41. The number of hydrogen-bond donors (Lipinski definition) is 2. The topological polar surface area (TPSA) is 109 Å². The van der Waals surface area contributed by atoms with Gasteiger partial charge in [0, 0.05) is 6.20 Å². The van der Waals surface area contributed by atoms with Gasteiger partial charge in [0.1, 0.15) is 12.4 Å². The lowest BCUT2D eigenvalue weighted by molar-refractivity contribution is -0.139. The van der Waals surface area contributed by atoms with Gasteiger partial charge >= 0.3 is 5.97 Å². The summed E-state index contributed by atoms with van der Waals surface area (Å²) in [6, 6.07) is -0.904. The quantitative estimate of drug-likeness (QED) is 0.809. The molecular formula is C13H17N5O3. The van der Waals surface area contributed by atoms with E-state index in [2.05, 4.69) is 20.4 Å². The molecule has 0 saturated heterocycles. The van der Waals surface area contributed by atoms with Crippen molar-refractivity contribution >= 4 is 17.7 Å². The van der Waals surface area contributed by atoms with E-state index in [1.54, 1.807) is 0 Å². The Morgan fingerprint density at radius 2 is 2.14 bits per heavy atom. The fourth-order valence-electron chi connectivity index (χ4n) is 2.14. The van der Waals surface area contributed by atoms with Gasteiger partial charge in [-0.05, 0) is 12.8 Å². The van der Waals surface area contributed by atoms with Gasteiger partial charge < -0.3 is 10.4 Å². The summed E-state index contributed by atoms with van der Waals surface area (Å²) in [6.07, 6.45) is 4.36. The zero-order valence-corrected chi connectivity index (χ0v) is 11.9. The standard InChI is InChI=1S/C13H17N5O3/c1-3-5-9(12(20)21)17-11(19)8-6-14-13-15-7-16-18(13)10(8)4-2/h6-7,9H,3-5H2,1-2H3,(H,17,19)(H,20,21)/t9-/m1/s1. The van der Waals surface area contributed by atoms with E-state index in [0.29, 0.717) is 36.3 Å². The number of nitrogens with one attached hydrogen (secondary N) is 1. The number of carbonyl (C=O) groups excluding carboxylic acids is 1. The van der Waals surface area contributed by atoms with Gasteiger partial charge in [-0.2, -0.15) is 10.1 Å². The first-order valence-corrected chi connectivity index (χ1v) is 6.79. The van der Waals surface area contributed by atoms with Crippen molar-refractivity contribution in [3.8, 4) is 0 Å². The molecule has 0 fully saturated rings. The molecule has 0 saturated carbocycles. The summed E-state index contributed by atoms with van der Waals surface area (Å²) in [5, 5.41) is 15.7. The predicted molar refractivity (Wildman–Crippen MR) is 74.0 cm³/mol. The molecule has 0 bridgehead atoms. The van der Waals surface area contributed by atoms with Crippen LogP contribution in [0.25, 0.3) is 5.78 Å². The number of amides is 1. The molecule has 0 radical (unpaired) electrons. The second-order valence-corrected chi connectivity index (χ2v) is 4.60. The van der Waals surface area contributed by atoms with Crippen molar-refractivity contribution in [1.82, 2.24) is 24.9 Å². The van der Waals surface area contributed by atoms with Crippen LogP contribution in [0.2, 0.25) is 0 Å². The highest BCUT2D eigenvalue weighted by molar-refractivity contribution is 5.97. The van der Waals surface area contributed by atoms with E-state index in [9.17, 15) is 9.59 Å². The Morgan fingerprint density at radius 3 is 2.76 bits per heavy atom. The lowest BCUT2D eigenvalue weighted by atomic mass is 10.1. The van der Waals surface area contributed by atoms with E-state index in [-0.39, 0.29) is 0 Å². The summed E-state index contributed by atoms with van der Waals surface area (Å²) in [7, 11) is 0. The molecule has 112 valence electrons. The Bertz CT molecular complexity index is 667. The Hall–Kier alpha value is -2.51. The molecule has 0 unspecified atom stereocenters. The third-order valence-corrected chi connectivity index (χ3v) is 3.17. The van der Waals surface area contributed by atoms with E-state index in [1.165, 1.54) is 17.0 Å². The zero-order valence-electron chi connectivity index (χ0n) is 11.9. The van der Waals surface area contributed by atoms with Crippen LogP contribution < -0.4 is 5.32 Å². The van der Waals surface area contributed by atoms with Crippen LogP contribution in [0.5, 0.6) is 0 Å². The maximum atomic E-state index is 12.3. The number of hydrogen-bond acceptors (Lipinski definition) is 5. The number of carboxylic acid groups (broad SMARTS) is 1. The van der Waals surface area contributed by atoms with Crippen molar-refractivity contribution in [2.45, 2.75) is 39.2 Å². The summed E-state index contributed by atoms with van der Waals surface area (Å²) in [5.41, 5.74) is 0.966. The van der Waals surface area contributed by atoms with Crippen molar-refractivity contribution in [2.75, 3.05) is 0 Å². The highest BCUT2D eigenvalue weighted by atomic mass is 16.4. The first-order valence-electron chi connectivity index (χ1n) is 6.79. The molecular weight excluding hydrogens is 274 g/mol. The van der Waals surface area contributed by atoms with Gasteiger partial charge in [-0.25, -0.2) is 14.3 Å². The van der Waals surface area contributed by atoms with Crippen LogP contribution in [-0.2, 0) is 11.2 Å². The van der Waals surface area contributed by atoms with Crippen molar-refractivity contribution in [1.29, 1.82) is 0 Å². The van der Waals surface area contributed by atoms with Crippen LogP contribution in [0.1, 0.15) is 42.7 Å². The molecule has 2 aromatic heterocycles. The predicted octanol–water partition coefficient (Wildman–Crippen LogP) is 0.670. The Balaban J connectivity index is 2.32. The minimum atomic E-state index is -1.04. The molecule has 0 spiro atoms. The summed E-state index contributed by atoms with van der Waals surface area (Å²) >= 11 is 0. The van der Waals surface area contributed by atoms with Crippen molar-refractivity contribution < 1.29 is 14.7 Å². The largest absolute Gasteiger partial charge is 0.480 e. The van der Waals surface area contributed by atoms with Gasteiger partial charge in [-0.3, -0.25) is 4.79 Å². The molecule has 1 amide bonds. The first kappa shape index (κ1) is 14.9. The zero-order chi connectivity index (χ0) is 15.4. The van der Waals surface area contributed by atoms with Gasteiger partial charge in [0.2, 0.25) is 0 Å². The molecule has 1 atom stereocenters. The Morgan fingerprint density at radius 1 is 1.38 bits per heavy atom. The maximum absolute atomic E-state index is 12.3. The number of nitrogens with zero attached hydrogens (tertiary/aromatic N) is 4. The lowest BCUT2D eigenvalue weighted by Gasteiger charge is -2.15. The van der Waals surface area contributed by atoms with Gasteiger partial charge in [0.15, 0.2) is 0 Å². The number of carboxylic acids is 1. The summed E-state index contributed by atoms with van der Waals surface area (Å²) in [6.45, 7) is 3.75. The smallest absolute Gasteiger partial charge is 0.326 e. The third kappa shape index (κ3) is 2.99. The average molecular weight is 291 g/mol. The molecule has 2 N–H and O–H groups in total. The molecule has 2 rings (SSSR count). The van der Waals surface area contributed by atoms with E-state index in [0.717, 1.165) is 0 Å². The SMILES string of the molecule is CCC[C@@H](NC(=O)c1cnc2ncnn2c1CC)C(=O)O. The highest BCUT2D eigenvalue weighted by Gasteiger charge is 2.22. The highest BCUT2D eigenvalue weighted by Crippen LogP contribution is 2.10. The van der Waals surface area contributed by atoms with Crippen LogP contribution in [0.15, 0.2) is 12.5 Å². The van der Waals surface area contributed by atoms with Gasteiger partial charge in [0.25, 0.3) is 11.7 Å². The van der Waals surface area contributed by atoms with E-state index >= 15 is 0 Å². The van der Waals surface area contributed by atoms with Crippen molar-refractivity contribution in [3.63, 3.8) is 0 Å². The van der Waals surface area contributed by atoms with E-state index < -0.39 is 17.9 Å². The van der Waals surface area contributed by atoms with Gasteiger partial charge in [0.05, 0.1) is 11.3 Å². The van der Waals surface area contributed by atoms with Gasteiger partial charge in [-0.1, -0.05) is 20.3 Å². The minimum absolute atomic E-state index is 0.317.